The van der Waals surface area contributed by atoms with E-state index in [0.717, 1.165) is 19.4 Å². The van der Waals surface area contributed by atoms with Crippen LogP contribution in [0.1, 0.15) is 19.3 Å². The zero-order chi connectivity index (χ0) is 15.9. The molecule has 1 atom stereocenters. The van der Waals surface area contributed by atoms with Gasteiger partial charge in [0.05, 0.1) is 10.9 Å². The molecular weight excluding hydrogens is 304 g/mol. The first-order valence-corrected chi connectivity index (χ1v) is 7.82. The van der Waals surface area contributed by atoms with Gasteiger partial charge < -0.3 is 15.5 Å². The fourth-order valence-corrected chi connectivity index (χ4v) is 2.60. The van der Waals surface area contributed by atoms with Crippen LogP contribution in [0.15, 0.2) is 18.3 Å². The van der Waals surface area contributed by atoms with E-state index in [0.29, 0.717) is 30.4 Å². The number of anilines is 1. The van der Waals surface area contributed by atoms with Crippen LogP contribution in [0.25, 0.3) is 0 Å². The predicted molar refractivity (Wildman–Crippen MR) is 85.7 cm³/mol. The molecule has 1 unspecified atom stereocenters. The Labute approximate surface area is 135 Å². The summed E-state index contributed by atoms with van der Waals surface area (Å²) in [5.74, 6) is 0.287. The molecule has 0 spiro atoms. The standard InChI is InChI=1S/C15H21ClN4O2/c1-17-7-6-14(21)20-8-2-3-11(10-20)15(22)19-13-5-4-12(16)9-18-13/h4-5,9,11,17H,2-3,6-8,10H2,1H3,(H,18,19,22). The van der Waals surface area contributed by atoms with Gasteiger partial charge in [0.25, 0.3) is 0 Å². The van der Waals surface area contributed by atoms with Gasteiger partial charge in [0.1, 0.15) is 5.82 Å². The number of likely N-dealkylation sites (tertiary alicyclic amines) is 1. The van der Waals surface area contributed by atoms with Gasteiger partial charge in [-0.25, -0.2) is 4.98 Å². The molecule has 1 aromatic heterocycles. The summed E-state index contributed by atoms with van der Waals surface area (Å²) in [5, 5.41) is 6.27. The molecule has 1 aliphatic rings. The van der Waals surface area contributed by atoms with Gasteiger partial charge in [0, 0.05) is 32.3 Å². The highest BCUT2D eigenvalue weighted by atomic mass is 35.5. The summed E-state index contributed by atoms with van der Waals surface area (Å²) in [6.45, 7) is 1.86. The summed E-state index contributed by atoms with van der Waals surface area (Å²) in [7, 11) is 1.82. The Bertz CT molecular complexity index is 521. The van der Waals surface area contributed by atoms with E-state index in [9.17, 15) is 9.59 Å². The summed E-state index contributed by atoms with van der Waals surface area (Å²) in [6.07, 6.45) is 3.59. The highest BCUT2D eigenvalue weighted by Gasteiger charge is 2.28. The molecule has 22 heavy (non-hydrogen) atoms. The van der Waals surface area contributed by atoms with Crippen LogP contribution < -0.4 is 10.6 Å². The maximum atomic E-state index is 12.3. The lowest BCUT2D eigenvalue weighted by molar-refractivity contribution is -0.134. The SMILES string of the molecule is CNCCC(=O)N1CCCC(C(=O)Nc2ccc(Cl)cn2)C1. The van der Waals surface area contributed by atoms with Crippen molar-refractivity contribution in [2.75, 3.05) is 32.0 Å². The minimum Gasteiger partial charge on any atom is -0.342 e. The van der Waals surface area contributed by atoms with Gasteiger partial charge in [-0.2, -0.15) is 0 Å². The Morgan fingerprint density at radius 1 is 1.45 bits per heavy atom. The number of aromatic nitrogens is 1. The second-order valence-electron chi connectivity index (χ2n) is 5.38. The van der Waals surface area contributed by atoms with Crippen molar-refractivity contribution in [1.82, 2.24) is 15.2 Å². The van der Waals surface area contributed by atoms with Gasteiger partial charge in [-0.1, -0.05) is 11.6 Å². The van der Waals surface area contributed by atoms with Gasteiger partial charge in [-0.15, -0.1) is 0 Å². The third-order valence-electron chi connectivity index (χ3n) is 3.71. The van der Waals surface area contributed by atoms with Crippen molar-refractivity contribution in [2.24, 2.45) is 5.92 Å². The average molecular weight is 325 g/mol. The van der Waals surface area contributed by atoms with E-state index in [-0.39, 0.29) is 17.7 Å². The molecule has 0 aromatic carbocycles. The Kier molecular flexibility index (Phi) is 6.15. The van der Waals surface area contributed by atoms with E-state index >= 15 is 0 Å². The molecule has 2 amide bonds. The maximum Gasteiger partial charge on any atom is 0.230 e. The first-order chi connectivity index (χ1) is 10.6. The van der Waals surface area contributed by atoms with E-state index in [1.165, 1.54) is 6.20 Å². The van der Waals surface area contributed by atoms with Crippen molar-refractivity contribution in [3.8, 4) is 0 Å². The molecule has 1 aliphatic heterocycles. The molecular formula is C15H21ClN4O2. The van der Waals surface area contributed by atoms with Crippen LogP contribution >= 0.6 is 11.6 Å². The number of carbonyl (C=O) groups excluding carboxylic acids is 2. The number of piperidine rings is 1. The predicted octanol–water partition coefficient (Wildman–Crippen LogP) is 1.52. The highest BCUT2D eigenvalue weighted by Crippen LogP contribution is 2.19. The Morgan fingerprint density at radius 2 is 2.27 bits per heavy atom. The summed E-state index contributed by atoms with van der Waals surface area (Å²) in [6, 6.07) is 3.34. The van der Waals surface area contributed by atoms with Gasteiger partial charge in [-0.3, -0.25) is 9.59 Å². The van der Waals surface area contributed by atoms with E-state index in [1.807, 2.05) is 7.05 Å². The van der Waals surface area contributed by atoms with Crippen LogP contribution in [-0.4, -0.2) is 48.4 Å². The number of amides is 2. The molecule has 6 nitrogen and oxygen atoms in total. The van der Waals surface area contributed by atoms with E-state index in [1.54, 1.807) is 17.0 Å². The lowest BCUT2D eigenvalue weighted by atomic mass is 9.97. The third-order valence-corrected chi connectivity index (χ3v) is 3.94. The lowest BCUT2D eigenvalue weighted by Gasteiger charge is -2.32. The van der Waals surface area contributed by atoms with Crippen molar-refractivity contribution in [3.05, 3.63) is 23.4 Å². The molecule has 0 saturated carbocycles. The Hall–Kier alpha value is -1.66. The Morgan fingerprint density at radius 3 is 2.95 bits per heavy atom. The maximum absolute atomic E-state index is 12.3. The van der Waals surface area contributed by atoms with Crippen LogP contribution in [0.3, 0.4) is 0 Å². The number of halogens is 1. The molecule has 1 aromatic rings. The largest absolute Gasteiger partial charge is 0.342 e. The molecule has 0 bridgehead atoms. The first kappa shape index (κ1) is 16.7. The van der Waals surface area contributed by atoms with Gasteiger partial charge in [0.15, 0.2) is 0 Å². The van der Waals surface area contributed by atoms with Crippen LogP contribution in [0.2, 0.25) is 5.02 Å². The topological polar surface area (TPSA) is 74.3 Å². The molecule has 1 saturated heterocycles. The number of nitrogens with zero attached hydrogens (tertiary/aromatic N) is 2. The minimum absolute atomic E-state index is 0.0940. The van der Waals surface area contributed by atoms with Crippen LogP contribution in [0.5, 0.6) is 0 Å². The van der Waals surface area contributed by atoms with E-state index in [2.05, 4.69) is 15.6 Å². The van der Waals surface area contributed by atoms with Gasteiger partial charge in [0.2, 0.25) is 11.8 Å². The molecule has 2 N–H and O–H groups in total. The third kappa shape index (κ3) is 4.68. The monoisotopic (exact) mass is 324 g/mol. The number of nitrogens with one attached hydrogen (secondary N) is 2. The summed E-state index contributed by atoms with van der Waals surface area (Å²) in [5.41, 5.74) is 0. The number of hydrogen-bond donors (Lipinski definition) is 2. The fraction of sp³-hybridized carbons (Fsp3) is 0.533. The average Bonchev–Trinajstić information content (AvgIpc) is 2.54. The second-order valence-corrected chi connectivity index (χ2v) is 5.82. The van der Waals surface area contributed by atoms with Crippen LogP contribution in [-0.2, 0) is 9.59 Å². The molecule has 7 heteroatoms. The number of rotatable bonds is 5. The second kappa shape index (κ2) is 8.10. The zero-order valence-electron chi connectivity index (χ0n) is 12.6. The molecule has 0 aliphatic carbocycles. The van der Waals surface area contributed by atoms with Crippen molar-refractivity contribution in [2.45, 2.75) is 19.3 Å². The van der Waals surface area contributed by atoms with Crippen molar-refractivity contribution in [3.63, 3.8) is 0 Å². The summed E-state index contributed by atoms with van der Waals surface area (Å²) >= 11 is 5.77. The number of carbonyl (C=O) groups is 2. The quantitative estimate of drug-likeness (QED) is 0.861. The van der Waals surface area contributed by atoms with Crippen molar-refractivity contribution >= 4 is 29.2 Å². The number of hydrogen-bond acceptors (Lipinski definition) is 4. The van der Waals surface area contributed by atoms with Crippen LogP contribution in [0, 0.1) is 5.92 Å². The van der Waals surface area contributed by atoms with Gasteiger partial charge >= 0.3 is 0 Å². The molecule has 2 rings (SSSR count). The highest BCUT2D eigenvalue weighted by molar-refractivity contribution is 6.30. The number of pyridine rings is 1. The van der Waals surface area contributed by atoms with E-state index in [4.69, 9.17) is 11.6 Å². The zero-order valence-corrected chi connectivity index (χ0v) is 13.4. The molecule has 120 valence electrons. The molecule has 2 heterocycles. The minimum atomic E-state index is -0.190. The first-order valence-electron chi connectivity index (χ1n) is 7.45. The normalized spacial score (nSPS) is 18.1. The van der Waals surface area contributed by atoms with Crippen molar-refractivity contribution < 1.29 is 9.59 Å². The van der Waals surface area contributed by atoms with Gasteiger partial charge in [-0.05, 0) is 32.0 Å². The fourth-order valence-electron chi connectivity index (χ4n) is 2.49. The summed E-state index contributed by atoms with van der Waals surface area (Å²) < 4.78 is 0. The van der Waals surface area contributed by atoms with E-state index < -0.39 is 0 Å². The van der Waals surface area contributed by atoms with Crippen molar-refractivity contribution in [1.29, 1.82) is 0 Å². The molecule has 0 radical (unpaired) electrons. The van der Waals surface area contributed by atoms with Crippen LogP contribution in [0.4, 0.5) is 5.82 Å². The lowest BCUT2D eigenvalue weighted by Crippen LogP contribution is -2.44. The smallest absolute Gasteiger partial charge is 0.230 e. The Balaban J connectivity index is 1.89. The molecule has 1 fully saturated rings. The summed E-state index contributed by atoms with van der Waals surface area (Å²) in [4.78, 5) is 30.2.